The zero-order valence-corrected chi connectivity index (χ0v) is 17.1. The van der Waals surface area contributed by atoms with Gasteiger partial charge in [0.2, 0.25) is 0 Å². The van der Waals surface area contributed by atoms with E-state index in [1.165, 1.54) is 17.8 Å². The topological polar surface area (TPSA) is 57.3 Å². The van der Waals surface area contributed by atoms with Crippen LogP contribution in [0.2, 0.25) is 0 Å². The predicted octanol–water partition coefficient (Wildman–Crippen LogP) is 3.53. The average molecular weight is 411 g/mol. The Morgan fingerprint density at radius 3 is 2.71 bits per heavy atom. The standard InChI is InChI=1S/C15H22N4OS2.2ClH/c1-3-19(4-2)15-18-14-12(22-15)8-11(21-14)13(20)17-9-10-6-5-7-16-10;;/h8,10,16H,3-7,9H2,1-2H3,(H,17,20);2*1H. The summed E-state index contributed by atoms with van der Waals surface area (Å²) < 4.78 is 1.11. The number of nitrogens with one attached hydrogen (secondary N) is 2. The fourth-order valence-corrected chi connectivity index (χ4v) is 4.95. The highest BCUT2D eigenvalue weighted by molar-refractivity contribution is 7.29. The van der Waals surface area contributed by atoms with Gasteiger partial charge in [0, 0.05) is 25.7 Å². The Bertz CT molecular complexity index is 619. The quantitative estimate of drug-likeness (QED) is 0.764. The molecule has 1 unspecified atom stereocenters. The van der Waals surface area contributed by atoms with Crippen molar-refractivity contribution in [1.82, 2.24) is 15.6 Å². The first kappa shape index (κ1) is 21.4. The molecule has 1 fully saturated rings. The van der Waals surface area contributed by atoms with Gasteiger partial charge in [-0.25, -0.2) is 4.98 Å². The van der Waals surface area contributed by atoms with Crippen LogP contribution in [0, 0.1) is 0 Å². The van der Waals surface area contributed by atoms with Gasteiger partial charge in [-0.15, -0.1) is 36.2 Å². The Morgan fingerprint density at radius 1 is 1.38 bits per heavy atom. The number of aromatic nitrogens is 1. The van der Waals surface area contributed by atoms with Crippen LogP contribution >= 0.6 is 47.5 Å². The lowest BCUT2D eigenvalue weighted by Crippen LogP contribution is -2.36. The van der Waals surface area contributed by atoms with Crippen molar-refractivity contribution in [3.05, 3.63) is 10.9 Å². The van der Waals surface area contributed by atoms with E-state index in [1.807, 2.05) is 6.07 Å². The Morgan fingerprint density at radius 2 is 2.12 bits per heavy atom. The van der Waals surface area contributed by atoms with Gasteiger partial charge in [0.05, 0.1) is 9.58 Å². The first-order valence-corrected chi connectivity index (χ1v) is 9.51. The summed E-state index contributed by atoms with van der Waals surface area (Å²) in [4.78, 5) is 20.9. The molecule has 0 aromatic carbocycles. The number of rotatable bonds is 6. The third-order valence-electron chi connectivity index (χ3n) is 4.01. The van der Waals surface area contributed by atoms with E-state index in [0.717, 1.165) is 45.6 Å². The van der Waals surface area contributed by atoms with E-state index < -0.39 is 0 Å². The molecule has 1 saturated heterocycles. The first-order chi connectivity index (χ1) is 10.7. The van der Waals surface area contributed by atoms with Crippen LogP contribution in [-0.2, 0) is 0 Å². The molecule has 136 valence electrons. The van der Waals surface area contributed by atoms with Crippen molar-refractivity contribution in [3.63, 3.8) is 0 Å². The minimum absolute atomic E-state index is 0. The third kappa shape index (κ3) is 4.73. The van der Waals surface area contributed by atoms with E-state index in [0.29, 0.717) is 12.6 Å². The second-order valence-electron chi connectivity index (χ2n) is 5.45. The van der Waals surface area contributed by atoms with Crippen molar-refractivity contribution in [2.75, 3.05) is 31.1 Å². The monoisotopic (exact) mass is 410 g/mol. The molecule has 1 atom stereocenters. The summed E-state index contributed by atoms with van der Waals surface area (Å²) in [5.74, 6) is 0.0216. The summed E-state index contributed by atoms with van der Waals surface area (Å²) in [6.07, 6.45) is 2.35. The Labute approximate surface area is 163 Å². The molecule has 2 N–H and O–H groups in total. The molecule has 0 radical (unpaired) electrons. The van der Waals surface area contributed by atoms with Crippen molar-refractivity contribution in [1.29, 1.82) is 0 Å². The molecule has 0 aliphatic carbocycles. The maximum atomic E-state index is 12.2. The maximum absolute atomic E-state index is 12.2. The van der Waals surface area contributed by atoms with E-state index in [9.17, 15) is 4.79 Å². The van der Waals surface area contributed by atoms with Crippen LogP contribution in [0.15, 0.2) is 6.07 Å². The highest BCUT2D eigenvalue weighted by Gasteiger charge is 2.18. The summed E-state index contributed by atoms with van der Waals surface area (Å²) >= 11 is 3.16. The van der Waals surface area contributed by atoms with Crippen molar-refractivity contribution in [2.45, 2.75) is 32.7 Å². The maximum Gasteiger partial charge on any atom is 0.261 e. The van der Waals surface area contributed by atoms with Gasteiger partial charge in [0.1, 0.15) is 4.83 Å². The number of carbonyl (C=O) groups is 1. The van der Waals surface area contributed by atoms with Crippen molar-refractivity contribution >= 4 is 68.1 Å². The number of nitrogens with zero attached hydrogens (tertiary/aromatic N) is 2. The molecule has 24 heavy (non-hydrogen) atoms. The van der Waals surface area contributed by atoms with Gasteiger partial charge in [-0.1, -0.05) is 11.3 Å². The van der Waals surface area contributed by atoms with Crippen molar-refractivity contribution < 1.29 is 4.79 Å². The molecular weight excluding hydrogens is 387 g/mol. The minimum Gasteiger partial charge on any atom is -0.350 e. The number of anilines is 1. The number of thiophene rings is 1. The zero-order valence-electron chi connectivity index (χ0n) is 13.8. The Hall–Kier alpha value is -0.600. The molecule has 3 heterocycles. The van der Waals surface area contributed by atoms with E-state index in [2.05, 4.69) is 34.4 Å². The summed E-state index contributed by atoms with van der Waals surface area (Å²) in [7, 11) is 0. The van der Waals surface area contributed by atoms with Gasteiger partial charge in [0.25, 0.3) is 5.91 Å². The lowest BCUT2D eigenvalue weighted by atomic mass is 10.2. The van der Waals surface area contributed by atoms with Crippen LogP contribution in [0.5, 0.6) is 0 Å². The molecule has 0 bridgehead atoms. The van der Waals surface area contributed by atoms with Crippen LogP contribution in [0.1, 0.15) is 36.4 Å². The molecule has 2 aromatic heterocycles. The van der Waals surface area contributed by atoms with Gasteiger partial charge < -0.3 is 15.5 Å². The SMILES string of the molecule is CCN(CC)c1nc2sc(C(=O)NCC3CCCN3)cc2s1.Cl.Cl. The fraction of sp³-hybridized carbons (Fsp3) is 0.600. The molecular formula is C15H24Cl2N4OS2. The molecule has 0 saturated carbocycles. The summed E-state index contributed by atoms with van der Waals surface area (Å²) in [5, 5.41) is 7.47. The number of hydrogen-bond donors (Lipinski definition) is 2. The normalized spacial score (nSPS) is 16.5. The summed E-state index contributed by atoms with van der Waals surface area (Å²) in [5.41, 5.74) is 0. The van der Waals surface area contributed by atoms with Gasteiger partial charge in [-0.2, -0.15) is 0 Å². The number of fused-ring (bicyclic) bond motifs is 1. The van der Waals surface area contributed by atoms with E-state index >= 15 is 0 Å². The molecule has 9 heteroatoms. The second-order valence-corrected chi connectivity index (χ2v) is 7.49. The van der Waals surface area contributed by atoms with Crippen LogP contribution in [-0.4, -0.2) is 43.1 Å². The number of carbonyl (C=O) groups excluding carboxylic acids is 1. The largest absolute Gasteiger partial charge is 0.350 e. The lowest BCUT2D eigenvalue weighted by Gasteiger charge is -2.16. The number of amides is 1. The fourth-order valence-electron chi connectivity index (χ4n) is 2.70. The molecule has 1 aliphatic heterocycles. The highest BCUT2D eigenvalue weighted by atomic mass is 35.5. The lowest BCUT2D eigenvalue weighted by molar-refractivity contribution is 0.0954. The smallest absolute Gasteiger partial charge is 0.261 e. The second kappa shape index (κ2) is 9.77. The average Bonchev–Trinajstić information content (AvgIpc) is 3.21. The van der Waals surface area contributed by atoms with Crippen LogP contribution in [0.3, 0.4) is 0 Å². The van der Waals surface area contributed by atoms with E-state index in [-0.39, 0.29) is 30.7 Å². The number of thiazole rings is 1. The summed E-state index contributed by atoms with van der Waals surface area (Å²) in [6.45, 7) is 7.96. The van der Waals surface area contributed by atoms with Gasteiger partial charge >= 0.3 is 0 Å². The third-order valence-corrected chi connectivity index (χ3v) is 6.23. The van der Waals surface area contributed by atoms with Crippen molar-refractivity contribution in [3.8, 4) is 0 Å². The minimum atomic E-state index is 0. The van der Waals surface area contributed by atoms with E-state index in [1.54, 1.807) is 11.3 Å². The van der Waals surface area contributed by atoms with Crippen LogP contribution in [0.25, 0.3) is 9.53 Å². The number of halogens is 2. The summed E-state index contributed by atoms with van der Waals surface area (Å²) in [6, 6.07) is 2.40. The van der Waals surface area contributed by atoms with Gasteiger partial charge in [-0.05, 0) is 39.3 Å². The zero-order chi connectivity index (χ0) is 15.5. The van der Waals surface area contributed by atoms with Crippen LogP contribution < -0.4 is 15.5 Å². The highest BCUT2D eigenvalue weighted by Crippen LogP contribution is 2.34. The molecule has 3 rings (SSSR count). The predicted molar refractivity (Wildman–Crippen MR) is 109 cm³/mol. The van der Waals surface area contributed by atoms with Crippen LogP contribution in [0.4, 0.5) is 5.13 Å². The Balaban J connectivity index is 0.00000144. The molecule has 2 aromatic rings. The van der Waals surface area contributed by atoms with Crippen molar-refractivity contribution in [2.24, 2.45) is 0 Å². The molecule has 1 amide bonds. The molecule has 0 spiro atoms. The number of hydrogen-bond acceptors (Lipinski definition) is 6. The van der Waals surface area contributed by atoms with E-state index in [4.69, 9.17) is 0 Å². The Kier molecular flexibility index (Phi) is 8.73. The molecule has 5 nitrogen and oxygen atoms in total. The molecule has 1 aliphatic rings. The van der Waals surface area contributed by atoms with Gasteiger partial charge in [-0.3, -0.25) is 4.79 Å². The van der Waals surface area contributed by atoms with Gasteiger partial charge in [0.15, 0.2) is 5.13 Å². The first-order valence-electron chi connectivity index (χ1n) is 7.88.